The monoisotopic (exact) mass is 288 g/mol. The number of amides is 1. The molecule has 0 spiro atoms. The number of carbonyl (C=O) groups excluding carboxylic acids is 1. The van der Waals surface area contributed by atoms with Gasteiger partial charge in [0.15, 0.2) is 0 Å². The first-order valence-corrected chi connectivity index (χ1v) is 7.53. The van der Waals surface area contributed by atoms with Gasteiger partial charge in [0.05, 0.1) is 12.8 Å². The van der Waals surface area contributed by atoms with Crippen molar-refractivity contribution in [3.05, 3.63) is 0 Å². The van der Waals surface area contributed by atoms with Gasteiger partial charge in [-0.05, 0) is 12.8 Å². The van der Waals surface area contributed by atoms with Crippen LogP contribution in [0.15, 0.2) is 0 Å². The Balaban J connectivity index is 2.90. The molecule has 0 bridgehead atoms. The van der Waals surface area contributed by atoms with Gasteiger partial charge in [0, 0.05) is 6.54 Å². The zero-order valence-corrected chi connectivity index (χ0v) is 11.4. The summed E-state index contributed by atoms with van der Waals surface area (Å²) in [7, 11) is -3.49. The van der Waals surface area contributed by atoms with Crippen LogP contribution in [-0.2, 0) is 19.6 Å². The highest BCUT2D eigenvalue weighted by molar-refractivity contribution is 7.88. The van der Waals surface area contributed by atoms with Crippen LogP contribution < -0.4 is 0 Å². The number of carboxylic acid groups (broad SMARTS) is 1. The number of carboxylic acids is 1. The van der Waals surface area contributed by atoms with Crippen LogP contribution in [0, 0.1) is 12.3 Å². The van der Waals surface area contributed by atoms with Crippen LogP contribution in [0.25, 0.3) is 0 Å². The van der Waals surface area contributed by atoms with Gasteiger partial charge >= 0.3 is 5.97 Å². The first-order valence-electron chi connectivity index (χ1n) is 5.68. The number of aliphatic carboxylic acids is 1. The fourth-order valence-corrected chi connectivity index (χ4v) is 3.20. The number of terminal acetylenes is 1. The van der Waals surface area contributed by atoms with E-state index in [1.54, 1.807) is 0 Å². The SMILES string of the molecule is C#CCN(CC(=O)O)C(=O)C1CCCN1S(C)(=O)=O. The summed E-state index contributed by atoms with van der Waals surface area (Å²) in [6, 6.07) is -0.845. The third-order valence-corrected chi connectivity index (χ3v) is 4.12. The molecule has 1 aliphatic heterocycles. The van der Waals surface area contributed by atoms with Crippen molar-refractivity contribution in [2.45, 2.75) is 18.9 Å². The minimum absolute atomic E-state index is 0.154. The molecule has 1 atom stereocenters. The first-order chi connectivity index (χ1) is 8.77. The van der Waals surface area contributed by atoms with Crippen LogP contribution in [-0.4, -0.2) is 66.5 Å². The van der Waals surface area contributed by atoms with Crippen LogP contribution in [0.3, 0.4) is 0 Å². The Kier molecular flexibility index (Phi) is 4.91. The van der Waals surface area contributed by atoms with Crippen LogP contribution in [0.2, 0.25) is 0 Å². The van der Waals surface area contributed by atoms with Crippen molar-refractivity contribution in [1.82, 2.24) is 9.21 Å². The summed E-state index contributed by atoms with van der Waals surface area (Å²) in [6.45, 7) is -0.414. The highest BCUT2D eigenvalue weighted by Gasteiger charge is 2.38. The maximum absolute atomic E-state index is 12.2. The Morgan fingerprint density at radius 1 is 1.53 bits per heavy atom. The smallest absolute Gasteiger partial charge is 0.323 e. The molecule has 1 amide bonds. The number of hydrogen-bond donors (Lipinski definition) is 1. The molecule has 0 aliphatic carbocycles. The summed E-state index contributed by atoms with van der Waals surface area (Å²) in [5.74, 6) is 0.465. The molecular formula is C11H16N2O5S. The summed E-state index contributed by atoms with van der Waals surface area (Å²) in [6.07, 6.45) is 7.07. The van der Waals surface area contributed by atoms with Gasteiger partial charge < -0.3 is 10.0 Å². The molecule has 1 rings (SSSR count). The highest BCUT2D eigenvalue weighted by atomic mass is 32.2. The topological polar surface area (TPSA) is 95.0 Å². The second-order valence-corrected chi connectivity index (χ2v) is 6.26. The second kappa shape index (κ2) is 6.04. The van der Waals surface area contributed by atoms with Gasteiger partial charge in [-0.1, -0.05) is 5.92 Å². The van der Waals surface area contributed by atoms with Crippen molar-refractivity contribution in [1.29, 1.82) is 0 Å². The fraction of sp³-hybridized carbons (Fsp3) is 0.636. The quantitative estimate of drug-likeness (QED) is 0.652. The van der Waals surface area contributed by atoms with Gasteiger partial charge in [-0.25, -0.2) is 8.42 Å². The molecule has 1 N–H and O–H groups in total. The molecule has 1 aliphatic rings. The van der Waals surface area contributed by atoms with E-state index >= 15 is 0 Å². The van der Waals surface area contributed by atoms with Gasteiger partial charge in [-0.2, -0.15) is 4.31 Å². The van der Waals surface area contributed by atoms with Gasteiger partial charge in [0.2, 0.25) is 15.9 Å². The molecule has 19 heavy (non-hydrogen) atoms. The van der Waals surface area contributed by atoms with E-state index in [2.05, 4.69) is 5.92 Å². The number of carbonyl (C=O) groups is 2. The largest absolute Gasteiger partial charge is 0.480 e. The summed E-state index contributed by atoms with van der Waals surface area (Å²) >= 11 is 0. The lowest BCUT2D eigenvalue weighted by molar-refractivity contribution is -0.145. The Hall–Kier alpha value is -1.59. The van der Waals surface area contributed by atoms with E-state index in [-0.39, 0.29) is 13.1 Å². The standard InChI is InChI=1S/C11H16N2O5S/c1-3-6-12(8-10(14)15)11(16)9-5-4-7-13(9)19(2,17)18/h1,9H,4-8H2,2H3,(H,14,15). The average Bonchev–Trinajstić information content (AvgIpc) is 2.75. The van der Waals surface area contributed by atoms with E-state index in [0.29, 0.717) is 12.8 Å². The maximum atomic E-state index is 12.2. The predicted octanol–water partition coefficient (Wildman–Crippen LogP) is -1.04. The second-order valence-electron chi connectivity index (χ2n) is 4.32. The number of rotatable bonds is 5. The number of nitrogens with zero attached hydrogens (tertiary/aromatic N) is 2. The Morgan fingerprint density at radius 2 is 2.16 bits per heavy atom. The molecule has 1 fully saturated rings. The van der Waals surface area contributed by atoms with Gasteiger partial charge in [-0.15, -0.1) is 6.42 Å². The van der Waals surface area contributed by atoms with Crippen molar-refractivity contribution in [2.24, 2.45) is 0 Å². The van der Waals surface area contributed by atoms with Crippen molar-refractivity contribution in [3.63, 3.8) is 0 Å². The third kappa shape index (κ3) is 3.94. The van der Waals surface area contributed by atoms with Crippen molar-refractivity contribution < 1.29 is 23.1 Å². The number of sulfonamides is 1. The van der Waals surface area contributed by atoms with Crippen molar-refractivity contribution in [2.75, 3.05) is 25.9 Å². The summed E-state index contributed by atoms with van der Waals surface area (Å²) in [5, 5.41) is 8.73. The minimum Gasteiger partial charge on any atom is -0.480 e. The summed E-state index contributed by atoms with van der Waals surface area (Å²) in [5.41, 5.74) is 0. The van der Waals surface area contributed by atoms with E-state index in [0.717, 1.165) is 15.5 Å². The molecule has 106 valence electrons. The fourth-order valence-electron chi connectivity index (χ4n) is 2.08. The average molecular weight is 288 g/mol. The molecule has 7 nitrogen and oxygen atoms in total. The van der Waals surface area contributed by atoms with Gasteiger partial charge in [0.1, 0.15) is 12.6 Å². The van der Waals surface area contributed by atoms with Crippen LogP contribution in [0.5, 0.6) is 0 Å². The molecule has 1 saturated heterocycles. The molecule has 0 aromatic carbocycles. The molecule has 1 unspecified atom stereocenters. The van der Waals surface area contributed by atoms with Gasteiger partial charge in [0.25, 0.3) is 0 Å². The zero-order chi connectivity index (χ0) is 14.6. The van der Waals surface area contributed by atoms with E-state index in [4.69, 9.17) is 11.5 Å². The summed E-state index contributed by atoms with van der Waals surface area (Å²) in [4.78, 5) is 23.9. The first kappa shape index (κ1) is 15.5. The maximum Gasteiger partial charge on any atom is 0.323 e. The molecule has 0 aromatic rings. The lowest BCUT2D eigenvalue weighted by Crippen LogP contribution is -2.49. The molecular weight excluding hydrogens is 272 g/mol. The minimum atomic E-state index is -3.49. The molecule has 0 radical (unpaired) electrons. The molecule has 8 heteroatoms. The Labute approximate surface area is 112 Å². The van der Waals surface area contributed by atoms with Crippen molar-refractivity contribution >= 4 is 21.9 Å². The Bertz CT molecular complexity index is 508. The normalized spacial score (nSPS) is 19.9. The summed E-state index contributed by atoms with van der Waals surface area (Å²) < 4.78 is 24.2. The lowest BCUT2D eigenvalue weighted by atomic mass is 10.2. The van der Waals surface area contributed by atoms with Crippen LogP contribution in [0.4, 0.5) is 0 Å². The predicted molar refractivity (Wildman–Crippen MR) is 67.6 cm³/mol. The Morgan fingerprint density at radius 3 is 2.63 bits per heavy atom. The lowest BCUT2D eigenvalue weighted by Gasteiger charge is -2.26. The highest BCUT2D eigenvalue weighted by Crippen LogP contribution is 2.22. The van der Waals surface area contributed by atoms with E-state index < -0.39 is 34.5 Å². The van der Waals surface area contributed by atoms with Crippen LogP contribution >= 0.6 is 0 Å². The van der Waals surface area contributed by atoms with E-state index in [1.807, 2.05) is 0 Å². The third-order valence-electron chi connectivity index (χ3n) is 2.83. The van der Waals surface area contributed by atoms with Crippen LogP contribution in [0.1, 0.15) is 12.8 Å². The van der Waals surface area contributed by atoms with E-state index in [1.165, 1.54) is 0 Å². The zero-order valence-electron chi connectivity index (χ0n) is 10.6. The molecule has 0 aromatic heterocycles. The molecule has 1 heterocycles. The molecule has 0 saturated carbocycles. The van der Waals surface area contributed by atoms with Gasteiger partial charge in [-0.3, -0.25) is 9.59 Å². The van der Waals surface area contributed by atoms with E-state index in [9.17, 15) is 18.0 Å². The number of hydrogen-bond acceptors (Lipinski definition) is 4. The van der Waals surface area contributed by atoms with Crippen molar-refractivity contribution in [3.8, 4) is 12.3 Å².